The Morgan fingerprint density at radius 1 is 1.19 bits per heavy atom. The van der Waals surface area contributed by atoms with Crippen molar-refractivity contribution in [1.82, 2.24) is 0 Å². The van der Waals surface area contributed by atoms with Gasteiger partial charge in [0.25, 0.3) is 0 Å². The van der Waals surface area contributed by atoms with Crippen LogP contribution in [-0.2, 0) is 13.6 Å². The molecule has 0 radical (unpaired) electrons. The van der Waals surface area contributed by atoms with Crippen LogP contribution in [0.1, 0.15) is 80.6 Å². The Bertz CT molecular complexity index is 653. The van der Waals surface area contributed by atoms with E-state index >= 15 is 0 Å². The number of unbranched alkanes of at least 4 members (excludes halogenated alkanes) is 2. The van der Waals surface area contributed by atoms with Gasteiger partial charge in [-0.3, -0.25) is 4.79 Å². The van der Waals surface area contributed by atoms with Crippen molar-refractivity contribution in [3.63, 3.8) is 0 Å². The first-order valence-corrected chi connectivity index (χ1v) is 17.9. The molecule has 0 heterocycles. The molecule has 0 aromatic heterocycles. The summed E-state index contributed by atoms with van der Waals surface area (Å²) in [7, 11) is -3.34. The van der Waals surface area contributed by atoms with Gasteiger partial charge in [0.05, 0.1) is 6.10 Å². The van der Waals surface area contributed by atoms with Gasteiger partial charge in [-0.05, 0) is 43.1 Å². The summed E-state index contributed by atoms with van der Waals surface area (Å²) in [5.41, 5.74) is -0.125. The van der Waals surface area contributed by atoms with Crippen LogP contribution in [0.15, 0.2) is 24.3 Å². The van der Waals surface area contributed by atoms with Crippen molar-refractivity contribution in [1.29, 1.82) is 0 Å². The molecule has 31 heavy (non-hydrogen) atoms. The highest BCUT2D eigenvalue weighted by molar-refractivity contribution is 6.74. The molecule has 0 spiro atoms. The van der Waals surface area contributed by atoms with Crippen LogP contribution in [0.5, 0.6) is 0 Å². The summed E-state index contributed by atoms with van der Waals surface area (Å²) in [4.78, 5) is 12.8. The molecule has 0 amide bonds. The van der Waals surface area contributed by atoms with Crippen molar-refractivity contribution in [2.24, 2.45) is 11.3 Å². The normalized spacial score (nSPS) is 24.6. The number of hydrogen-bond donors (Lipinski definition) is 0. The first-order valence-electron chi connectivity index (χ1n) is 12.3. The van der Waals surface area contributed by atoms with Crippen LogP contribution in [0.3, 0.4) is 0 Å². The van der Waals surface area contributed by atoms with Crippen molar-refractivity contribution < 1.29 is 13.6 Å². The predicted octanol–water partition coefficient (Wildman–Crippen LogP) is 7.44. The van der Waals surface area contributed by atoms with Gasteiger partial charge in [-0.1, -0.05) is 86.5 Å². The maximum atomic E-state index is 12.8. The smallest absolute Gasteiger partial charge is 0.192 e. The molecule has 3 atom stereocenters. The van der Waals surface area contributed by atoms with E-state index in [2.05, 4.69) is 93.4 Å². The van der Waals surface area contributed by atoms with Crippen molar-refractivity contribution in [3.8, 4) is 0 Å². The number of Topliss-reactive ketones (excluding diaryl/α,β-unsaturated/α-hetero) is 1. The second-order valence-electron chi connectivity index (χ2n) is 12.3. The molecule has 180 valence electrons. The molecule has 1 aliphatic rings. The zero-order valence-electron chi connectivity index (χ0n) is 22.4. The fourth-order valence-corrected chi connectivity index (χ4v) is 6.70. The summed E-state index contributed by atoms with van der Waals surface area (Å²) in [5, 5.41) is 0.156. The molecule has 0 aromatic rings. The average molecular weight is 467 g/mol. The number of hydrogen-bond acceptors (Lipinski definition) is 3. The summed E-state index contributed by atoms with van der Waals surface area (Å²) in [6, 6.07) is 0. The number of ketones is 1. The van der Waals surface area contributed by atoms with E-state index in [1.54, 1.807) is 0 Å². The highest BCUT2D eigenvalue weighted by Gasteiger charge is 2.54. The molecule has 1 rings (SSSR count). The molecular weight excluding hydrogens is 416 g/mol. The Hall–Kier alpha value is -0.496. The van der Waals surface area contributed by atoms with Crippen LogP contribution < -0.4 is 0 Å². The Labute approximate surface area is 195 Å². The van der Waals surface area contributed by atoms with Gasteiger partial charge >= 0.3 is 0 Å². The van der Waals surface area contributed by atoms with Crippen LogP contribution in [0.2, 0.25) is 31.2 Å². The first kappa shape index (κ1) is 28.5. The SMILES string of the molecule is C=C1C(=O)C[C@H](C(C)(C)C)[C@@]1(C=C[C@H](CCCCC)O[Si](C)(C)C(C)(C)C)O[SiH](C)C. The predicted molar refractivity (Wildman–Crippen MR) is 140 cm³/mol. The lowest BCUT2D eigenvalue weighted by Crippen LogP contribution is -2.46. The van der Waals surface area contributed by atoms with E-state index in [9.17, 15) is 4.79 Å². The Balaban J connectivity index is 3.38. The standard InChI is InChI=1S/C26H50O3Si2/c1-13-14-15-16-21(28-31(11,12)25(6,7)8)17-18-26(29-30(9)10)20(2)22(27)19-23(26)24(3,4)5/h17-18,21,23,30H,2,13-16,19H2,1,3-12H3/t21-,23+,26-/m0/s1. The van der Waals surface area contributed by atoms with Gasteiger partial charge in [0.1, 0.15) is 5.60 Å². The second kappa shape index (κ2) is 10.6. The van der Waals surface area contributed by atoms with E-state index in [1.807, 2.05) is 0 Å². The van der Waals surface area contributed by atoms with Crippen molar-refractivity contribution >= 4 is 23.1 Å². The Morgan fingerprint density at radius 2 is 1.77 bits per heavy atom. The average Bonchev–Trinajstić information content (AvgIpc) is 2.83. The highest BCUT2D eigenvalue weighted by atomic mass is 28.4. The minimum absolute atomic E-state index is 0.0471. The van der Waals surface area contributed by atoms with E-state index in [4.69, 9.17) is 8.85 Å². The van der Waals surface area contributed by atoms with Gasteiger partial charge < -0.3 is 8.85 Å². The van der Waals surface area contributed by atoms with Gasteiger partial charge in [0, 0.05) is 17.9 Å². The van der Waals surface area contributed by atoms with Gasteiger partial charge in [-0.2, -0.15) is 0 Å². The molecule has 0 bridgehead atoms. The third-order valence-corrected chi connectivity index (χ3v) is 12.5. The summed E-state index contributed by atoms with van der Waals surface area (Å²) < 4.78 is 13.5. The number of carbonyl (C=O) groups is 1. The summed E-state index contributed by atoms with van der Waals surface area (Å²) in [6.07, 6.45) is 9.51. The molecular formula is C26H50O3Si2. The maximum Gasteiger partial charge on any atom is 0.192 e. The largest absolute Gasteiger partial charge is 0.411 e. The topological polar surface area (TPSA) is 35.5 Å². The fourth-order valence-electron chi connectivity index (χ4n) is 4.23. The zero-order valence-corrected chi connectivity index (χ0v) is 24.5. The Kier molecular flexibility index (Phi) is 9.78. The molecule has 0 aliphatic heterocycles. The molecule has 1 fully saturated rings. The van der Waals surface area contributed by atoms with Gasteiger partial charge in [0.2, 0.25) is 0 Å². The molecule has 0 unspecified atom stereocenters. The number of rotatable bonds is 10. The van der Waals surface area contributed by atoms with Crippen molar-refractivity contribution in [2.45, 2.75) is 124 Å². The fraction of sp³-hybridized carbons (Fsp3) is 0.808. The molecule has 5 heteroatoms. The minimum atomic E-state index is -1.92. The maximum absolute atomic E-state index is 12.8. The molecule has 0 aromatic carbocycles. The van der Waals surface area contributed by atoms with Crippen LogP contribution >= 0.6 is 0 Å². The summed E-state index contributed by atoms with van der Waals surface area (Å²) >= 11 is 0. The van der Waals surface area contributed by atoms with Gasteiger partial charge in [0.15, 0.2) is 23.1 Å². The molecule has 1 saturated carbocycles. The van der Waals surface area contributed by atoms with E-state index in [0.29, 0.717) is 12.0 Å². The molecule has 1 aliphatic carbocycles. The Morgan fingerprint density at radius 3 is 2.23 bits per heavy atom. The van der Waals surface area contributed by atoms with Crippen LogP contribution in [-0.4, -0.2) is 34.8 Å². The molecule has 3 nitrogen and oxygen atoms in total. The van der Waals surface area contributed by atoms with Crippen LogP contribution in [0.25, 0.3) is 0 Å². The van der Waals surface area contributed by atoms with Crippen molar-refractivity contribution in [3.05, 3.63) is 24.3 Å². The van der Waals surface area contributed by atoms with Crippen molar-refractivity contribution in [2.75, 3.05) is 0 Å². The van der Waals surface area contributed by atoms with Gasteiger partial charge in [-0.15, -0.1) is 0 Å². The lowest BCUT2D eigenvalue weighted by Gasteiger charge is -2.42. The van der Waals surface area contributed by atoms with E-state index in [-0.39, 0.29) is 28.3 Å². The van der Waals surface area contributed by atoms with Gasteiger partial charge in [-0.25, -0.2) is 0 Å². The minimum Gasteiger partial charge on any atom is -0.411 e. The third kappa shape index (κ3) is 7.24. The van der Waals surface area contributed by atoms with E-state index in [1.165, 1.54) is 12.8 Å². The lowest BCUT2D eigenvalue weighted by atomic mass is 9.71. The number of carbonyl (C=O) groups excluding carboxylic acids is 1. The third-order valence-electron chi connectivity index (χ3n) is 7.09. The van der Waals surface area contributed by atoms with Crippen LogP contribution in [0.4, 0.5) is 0 Å². The quantitative estimate of drug-likeness (QED) is 0.145. The zero-order chi connectivity index (χ0) is 24.3. The lowest BCUT2D eigenvalue weighted by molar-refractivity contribution is -0.115. The van der Waals surface area contributed by atoms with E-state index < -0.39 is 23.0 Å². The van der Waals surface area contributed by atoms with Crippen LogP contribution in [0, 0.1) is 11.3 Å². The monoisotopic (exact) mass is 466 g/mol. The van der Waals surface area contributed by atoms with E-state index in [0.717, 1.165) is 12.8 Å². The summed E-state index contributed by atoms with van der Waals surface area (Å²) in [6.45, 7) is 28.9. The second-order valence-corrected chi connectivity index (χ2v) is 19.3. The molecule has 0 N–H and O–H groups in total. The highest BCUT2D eigenvalue weighted by Crippen LogP contribution is 2.50. The molecule has 0 saturated heterocycles. The summed E-state index contributed by atoms with van der Waals surface area (Å²) in [5.74, 6) is 0.238. The first-order chi connectivity index (χ1) is 14.0.